The summed E-state index contributed by atoms with van der Waals surface area (Å²) >= 11 is 1.47. The highest BCUT2D eigenvalue weighted by Crippen LogP contribution is 2.26. The molecule has 1 heterocycles. The molecule has 0 saturated heterocycles. The lowest BCUT2D eigenvalue weighted by molar-refractivity contribution is 0.0468. The fourth-order valence-corrected chi connectivity index (χ4v) is 4.89. The largest absolute Gasteiger partial charge is 0.495 e. The van der Waals surface area contributed by atoms with E-state index in [0.29, 0.717) is 17.1 Å². The number of rotatable bonds is 8. The Hall–Kier alpha value is -3.69. The quantitative estimate of drug-likeness (QED) is 0.358. The van der Waals surface area contributed by atoms with Gasteiger partial charge in [-0.05, 0) is 36.4 Å². The summed E-state index contributed by atoms with van der Waals surface area (Å²) in [5, 5.41) is 2.69. The molecule has 0 atom stereocenters. The zero-order valence-electron chi connectivity index (χ0n) is 17.6. The smallest absolute Gasteiger partial charge is 0.338 e. The van der Waals surface area contributed by atoms with Crippen LogP contribution in [0.2, 0.25) is 0 Å². The maximum atomic E-state index is 12.7. The van der Waals surface area contributed by atoms with Crippen LogP contribution in [0.4, 0.5) is 5.69 Å². The molecule has 33 heavy (non-hydrogen) atoms. The second kappa shape index (κ2) is 9.85. The van der Waals surface area contributed by atoms with Crippen molar-refractivity contribution >= 4 is 33.0 Å². The summed E-state index contributed by atoms with van der Waals surface area (Å²) in [4.78, 5) is 16.9. The van der Waals surface area contributed by atoms with Gasteiger partial charge in [0.05, 0.1) is 29.0 Å². The molecule has 0 saturated carbocycles. The van der Waals surface area contributed by atoms with Crippen LogP contribution in [0.5, 0.6) is 5.75 Å². The standard InChI is InChI=1S/C24H20N2O5S2/c1-30-22-10-6-5-9-21(22)26-33(28,29)20-13-11-18(12-14-20)24(27)31-15-19-16-32-23(25-19)17-7-3-2-4-8-17/h2-14,16,26H,15H2,1H3. The first-order chi connectivity index (χ1) is 16.0. The second-order valence-corrected chi connectivity index (χ2v) is 9.46. The minimum Gasteiger partial charge on any atom is -0.495 e. The number of hydrogen-bond donors (Lipinski definition) is 1. The summed E-state index contributed by atoms with van der Waals surface area (Å²) in [6.07, 6.45) is 0. The van der Waals surface area contributed by atoms with Crippen LogP contribution >= 0.6 is 11.3 Å². The Labute approximate surface area is 195 Å². The van der Waals surface area contributed by atoms with Crippen molar-refractivity contribution in [3.05, 3.63) is 95.5 Å². The first kappa shape index (κ1) is 22.5. The molecule has 9 heteroatoms. The number of carbonyl (C=O) groups is 1. The molecule has 0 bridgehead atoms. The molecule has 0 radical (unpaired) electrons. The summed E-state index contributed by atoms with van der Waals surface area (Å²) in [6.45, 7) is 0.0254. The summed E-state index contributed by atoms with van der Waals surface area (Å²) in [5.74, 6) is -0.162. The van der Waals surface area contributed by atoms with Crippen molar-refractivity contribution < 1.29 is 22.7 Å². The predicted octanol–water partition coefficient (Wildman–Crippen LogP) is 4.98. The van der Waals surface area contributed by atoms with Gasteiger partial charge in [-0.25, -0.2) is 18.2 Å². The van der Waals surface area contributed by atoms with E-state index in [4.69, 9.17) is 9.47 Å². The molecule has 1 N–H and O–H groups in total. The van der Waals surface area contributed by atoms with Gasteiger partial charge in [0.2, 0.25) is 0 Å². The summed E-state index contributed by atoms with van der Waals surface area (Å²) in [6, 6.07) is 22.0. The fourth-order valence-electron chi connectivity index (χ4n) is 3.01. The normalized spacial score (nSPS) is 11.1. The molecule has 0 spiro atoms. The highest BCUT2D eigenvalue weighted by molar-refractivity contribution is 7.92. The first-order valence-corrected chi connectivity index (χ1v) is 12.3. The van der Waals surface area contributed by atoms with E-state index >= 15 is 0 Å². The van der Waals surface area contributed by atoms with Gasteiger partial charge in [0, 0.05) is 10.9 Å². The van der Waals surface area contributed by atoms with Gasteiger partial charge in [-0.3, -0.25) is 4.72 Å². The highest BCUT2D eigenvalue weighted by Gasteiger charge is 2.18. The number of methoxy groups -OCH3 is 1. The van der Waals surface area contributed by atoms with E-state index in [1.165, 1.54) is 42.7 Å². The topological polar surface area (TPSA) is 94.6 Å². The third-order valence-corrected chi connectivity index (χ3v) is 7.00. The second-order valence-electron chi connectivity index (χ2n) is 6.92. The van der Waals surface area contributed by atoms with Crippen LogP contribution in [-0.4, -0.2) is 26.5 Å². The number of benzene rings is 3. The van der Waals surface area contributed by atoms with Gasteiger partial charge in [0.15, 0.2) is 0 Å². The number of aromatic nitrogens is 1. The summed E-state index contributed by atoms with van der Waals surface area (Å²) in [7, 11) is -2.40. The molecule has 0 aliphatic heterocycles. The van der Waals surface area contributed by atoms with E-state index in [2.05, 4.69) is 9.71 Å². The van der Waals surface area contributed by atoms with Crippen LogP contribution in [-0.2, 0) is 21.4 Å². The Morgan fingerprint density at radius 2 is 1.67 bits per heavy atom. The maximum Gasteiger partial charge on any atom is 0.338 e. The Morgan fingerprint density at radius 3 is 2.39 bits per heavy atom. The van der Waals surface area contributed by atoms with Crippen molar-refractivity contribution in [1.29, 1.82) is 0 Å². The first-order valence-electron chi connectivity index (χ1n) is 9.89. The van der Waals surface area contributed by atoms with Gasteiger partial charge >= 0.3 is 5.97 Å². The van der Waals surface area contributed by atoms with Crippen molar-refractivity contribution in [3.8, 4) is 16.3 Å². The summed E-state index contributed by atoms with van der Waals surface area (Å²) < 4.78 is 38.4. The molecule has 3 aromatic carbocycles. The third kappa shape index (κ3) is 5.39. The number of nitrogens with one attached hydrogen (secondary N) is 1. The van der Waals surface area contributed by atoms with Crippen molar-refractivity contribution in [2.75, 3.05) is 11.8 Å². The minimum atomic E-state index is -3.86. The number of carbonyl (C=O) groups excluding carboxylic acids is 1. The van der Waals surface area contributed by atoms with E-state index in [-0.39, 0.29) is 17.1 Å². The van der Waals surface area contributed by atoms with Gasteiger partial charge < -0.3 is 9.47 Å². The van der Waals surface area contributed by atoms with Crippen LogP contribution < -0.4 is 9.46 Å². The van der Waals surface area contributed by atoms with E-state index in [0.717, 1.165) is 10.6 Å². The number of hydrogen-bond acceptors (Lipinski definition) is 7. The third-order valence-electron chi connectivity index (χ3n) is 4.68. The van der Waals surface area contributed by atoms with Crippen molar-refractivity contribution in [3.63, 3.8) is 0 Å². The monoisotopic (exact) mass is 480 g/mol. The van der Waals surface area contributed by atoms with Gasteiger partial charge in [0.1, 0.15) is 17.4 Å². The van der Waals surface area contributed by atoms with Crippen molar-refractivity contribution in [1.82, 2.24) is 4.98 Å². The number of anilines is 1. The van der Waals surface area contributed by atoms with Crippen LogP contribution in [0.1, 0.15) is 16.1 Å². The lowest BCUT2D eigenvalue weighted by atomic mass is 10.2. The molecular weight excluding hydrogens is 460 g/mol. The number of para-hydroxylation sites is 2. The molecular formula is C24H20N2O5S2. The molecule has 168 valence electrons. The van der Waals surface area contributed by atoms with Gasteiger partial charge in [-0.2, -0.15) is 0 Å². The molecule has 0 unspecified atom stereocenters. The molecule has 4 aromatic rings. The highest BCUT2D eigenvalue weighted by atomic mass is 32.2. The molecule has 0 fully saturated rings. The number of ether oxygens (including phenoxy) is 2. The van der Waals surface area contributed by atoms with E-state index in [9.17, 15) is 13.2 Å². The number of nitrogens with zero attached hydrogens (tertiary/aromatic N) is 1. The molecule has 0 aliphatic rings. The number of thiazole rings is 1. The van der Waals surface area contributed by atoms with E-state index in [1.807, 2.05) is 35.7 Å². The average Bonchev–Trinajstić information content (AvgIpc) is 3.32. The zero-order valence-corrected chi connectivity index (χ0v) is 19.2. The van der Waals surface area contributed by atoms with Gasteiger partial charge in [0.25, 0.3) is 10.0 Å². The van der Waals surface area contributed by atoms with Gasteiger partial charge in [-0.15, -0.1) is 11.3 Å². The van der Waals surface area contributed by atoms with E-state index in [1.54, 1.807) is 24.3 Å². The van der Waals surface area contributed by atoms with Crippen molar-refractivity contribution in [2.24, 2.45) is 0 Å². The Kier molecular flexibility index (Phi) is 6.71. The minimum absolute atomic E-state index is 0.0111. The van der Waals surface area contributed by atoms with Crippen molar-refractivity contribution in [2.45, 2.75) is 11.5 Å². The molecule has 1 aromatic heterocycles. The van der Waals surface area contributed by atoms with Gasteiger partial charge in [-0.1, -0.05) is 42.5 Å². The SMILES string of the molecule is COc1ccccc1NS(=O)(=O)c1ccc(C(=O)OCc2csc(-c3ccccc3)n2)cc1. The summed E-state index contributed by atoms with van der Waals surface area (Å²) in [5.41, 5.74) is 2.21. The number of sulfonamides is 1. The molecule has 7 nitrogen and oxygen atoms in total. The average molecular weight is 481 g/mol. The van der Waals surface area contributed by atoms with Crippen LogP contribution in [0, 0.1) is 0 Å². The maximum absolute atomic E-state index is 12.7. The fraction of sp³-hybridized carbons (Fsp3) is 0.0833. The molecule has 4 rings (SSSR count). The zero-order chi connectivity index (χ0) is 23.3. The number of esters is 1. The van der Waals surface area contributed by atoms with E-state index < -0.39 is 16.0 Å². The molecule has 0 amide bonds. The Balaban J connectivity index is 1.39. The van der Waals surface area contributed by atoms with Crippen LogP contribution in [0.3, 0.4) is 0 Å². The Bertz CT molecular complexity index is 1350. The molecule has 0 aliphatic carbocycles. The lowest BCUT2D eigenvalue weighted by Gasteiger charge is -2.12. The lowest BCUT2D eigenvalue weighted by Crippen LogP contribution is -2.14. The van der Waals surface area contributed by atoms with Crippen LogP contribution in [0.15, 0.2) is 89.1 Å². The Morgan fingerprint density at radius 1 is 0.970 bits per heavy atom. The van der Waals surface area contributed by atoms with Crippen LogP contribution in [0.25, 0.3) is 10.6 Å². The predicted molar refractivity (Wildman–Crippen MR) is 127 cm³/mol.